The molecule has 0 aliphatic carbocycles. The number of halogens is 1. The van der Waals surface area contributed by atoms with E-state index >= 15 is 0 Å². The average molecular weight is 340 g/mol. The molecule has 6 nitrogen and oxygen atoms in total. The van der Waals surface area contributed by atoms with Crippen LogP contribution in [0.1, 0.15) is 16.3 Å². The van der Waals surface area contributed by atoms with Crippen LogP contribution in [0.4, 0.5) is 5.82 Å². The number of carbonyl (C=O) groups is 1. The van der Waals surface area contributed by atoms with Crippen molar-refractivity contribution in [1.29, 1.82) is 0 Å². The number of aryl methyl sites for hydroxylation is 1. The number of hydrogen-bond acceptors (Lipinski definition) is 5. The predicted molar refractivity (Wildman–Crippen MR) is 78.3 cm³/mol. The average Bonchev–Trinajstić information content (AvgIpc) is 2.72. The van der Waals surface area contributed by atoms with Crippen molar-refractivity contribution in [2.75, 3.05) is 20.0 Å². The van der Waals surface area contributed by atoms with E-state index in [4.69, 9.17) is 10.5 Å². The highest BCUT2D eigenvalue weighted by atomic mass is 79.9. The number of nitrogens with zero attached hydrogens (tertiary/aromatic N) is 2. The van der Waals surface area contributed by atoms with E-state index in [0.29, 0.717) is 11.6 Å². The Bertz CT molecular complexity index is 667. The van der Waals surface area contributed by atoms with E-state index in [2.05, 4.69) is 25.7 Å². The van der Waals surface area contributed by atoms with Crippen molar-refractivity contribution in [2.45, 2.75) is 6.92 Å². The molecule has 2 rings (SSSR count). The summed E-state index contributed by atoms with van der Waals surface area (Å²) in [6, 6.07) is 5.48. The molecule has 0 spiro atoms. The quantitative estimate of drug-likeness (QED) is 0.868. The van der Waals surface area contributed by atoms with Gasteiger partial charge < -0.3 is 15.2 Å². The van der Waals surface area contributed by atoms with E-state index < -0.39 is 5.97 Å². The van der Waals surface area contributed by atoms with E-state index in [1.54, 1.807) is 24.7 Å². The van der Waals surface area contributed by atoms with Crippen molar-refractivity contribution in [3.8, 4) is 11.4 Å². The first kappa shape index (κ1) is 14.4. The molecule has 0 aliphatic rings. The van der Waals surface area contributed by atoms with Crippen LogP contribution >= 0.6 is 15.9 Å². The second kappa shape index (κ2) is 5.54. The second-order valence-corrected chi connectivity index (χ2v) is 4.98. The zero-order valence-corrected chi connectivity index (χ0v) is 12.9. The third kappa shape index (κ3) is 2.49. The lowest BCUT2D eigenvalue weighted by Gasteiger charge is -2.10. The van der Waals surface area contributed by atoms with Gasteiger partial charge in [0.15, 0.2) is 5.69 Å². The van der Waals surface area contributed by atoms with Crippen LogP contribution in [0.25, 0.3) is 5.69 Å². The van der Waals surface area contributed by atoms with Gasteiger partial charge in [0.25, 0.3) is 0 Å². The number of nitrogen functional groups attached to an aromatic ring is 1. The number of ether oxygens (including phenoxy) is 2. The number of aromatic nitrogens is 2. The van der Waals surface area contributed by atoms with Crippen molar-refractivity contribution in [3.63, 3.8) is 0 Å². The van der Waals surface area contributed by atoms with Gasteiger partial charge >= 0.3 is 5.97 Å². The van der Waals surface area contributed by atoms with Gasteiger partial charge in [0, 0.05) is 10.5 Å². The van der Waals surface area contributed by atoms with Gasteiger partial charge in [0.05, 0.1) is 19.9 Å². The molecule has 0 radical (unpaired) electrons. The van der Waals surface area contributed by atoms with Crippen LogP contribution in [-0.2, 0) is 4.74 Å². The normalized spacial score (nSPS) is 10.4. The van der Waals surface area contributed by atoms with Crippen LogP contribution in [0.15, 0.2) is 22.7 Å². The zero-order valence-electron chi connectivity index (χ0n) is 11.3. The summed E-state index contributed by atoms with van der Waals surface area (Å²) in [6.45, 7) is 1.76. The molecule has 0 amide bonds. The molecule has 0 saturated carbocycles. The minimum Gasteiger partial charge on any atom is -0.497 e. The molecule has 0 atom stereocenters. The molecular formula is C13H14BrN3O3. The molecule has 20 heavy (non-hydrogen) atoms. The van der Waals surface area contributed by atoms with Crippen molar-refractivity contribution in [1.82, 2.24) is 9.55 Å². The third-order valence-corrected chi connectivity index (χ3v) is 3.27. The fourth-order valence-electron chi connectivity index (χ4n) is 1.92. The number of carbonyl (C=O) groups excluding carboxylic acids is 1. The number of hydrogen-bond donors (Lipinski definition) is 1. The van der Waals surface area contributed by atoms with E-state index in [-0.39, 0.29) is 11.5 Å². The van der Waals surface area contributed by atoms with Crippen LogP contribution in [0.5, 0.6) is 5.75 Å². The molecule has 0 unspecified atom stereocenters. The standard InChI is InChI=1S/C13H14BrN3O3/c1-7-16-11(13(18)20-3)12(15)17(7)9-4-8(14)5-10(6-9)19-2/h4-6H,15H2,1-3H3. The topological polar surface area (TPSA) is 79.4 Å². The second-order valence-electron chi connectivity index (χ2n) is 4.07. The first-order valence-corrected chi connectivity index (χ1v) is 6.55. The van der Waals surface area contributed by atoms with Crippen molar-refractivity contribution >= 4 is 27.7 Å². The van der Waals surface area contributed by atoms with E-state index in [9.17, 15) is 4.79 Å². The van der Waals surface area contributed by atoms with Crippen molar-refractivity contribution in [2.24, 2.45) is 0 Å². The van der Waals surface area contributed by atoms with Gasteiger partial charge in [-0.15, -0.1) is 0 Å². The van der Waals surface area contributed by atoms with Crippen LogP contribution < -0.4 is 10.5 Å². The van der Waals surface area contributed by atoms with Gasteiger partial charge in [-0.2, -0.15) is 0 Å². The molecule has 0 aliphatic heterocycles. The SMILES string of the molecule is COC(=O)c1nc(C)n(-c2cc(Br)cc(OC)c2)c1N. The maximum absolute atomic E-state index is 11.6. The number of nitrogens with two attached hydrogens (primary N) is 1. The maximum Gasteiger partial charge on any atom is 0.360 e. The molecule has 0 fully saturated rings. The summed E-state index contributed by atoms with van der Waals surface area (Å²) < 4.78 is 12.4. The molecule has 0 saturated heterocycles. The lowest BCUT2D eigenvalue weighted by Crippen LogP contribution is -2.08. The molecule has 2 aromatic rings. The van der Waals surface area contributed by atoms with Gasteiger partial charge in [-0.25, -0.2) is 9.78 Å². The van der Waals surface area contributed by atoms with Gasteiger partial charge in [-0.3, -0.25) is 4.57 Å². The van der Waals surface area contributed by atoms with Gasteiger partial charge in [0.1, 0.15) is 17.4 Å². The van der Waals surface area contributed by atoms with Gasteiger partial charge in [-0.05, 0) is 19.1 Å². The monoisotopic (exact) mass is 339 g/mol. The fourth-order valence-corrected chi connectivity index (χ4v) is 2.38. The number of anilines is 1. The lowest BCUT2D eigenvalue weighted by atomic mass is 10.3. The summed E-state index contributed by atoms with van der Waals surface area (Å²) in [5.74, 6) is 0.922. The lowest BCUT2D eigenvalue weighted by molar-refractivity contribution is 0.0596. The Morgan fingerprint density at radius 3 is 2.65 bits per heavy atom. The summed E-state index contributed by atoms with van der Waals surface area (Å²) in [6.07, 6.45) is 0. The Hall–Kier alpha value is -2.02. The highest BCUT2D eigenvalue weighted by Crippen LogP contribution is 2.27. The van der Waals surface area contributed by atoms with Crippen LogP contribution in [-0.4, -0.2) is 29.7 Å². The molecule has 1 aromatic carbocycles. The maximum atomic E-state index is 11.6. The van der Waals surface area contributed by atoms with E-state index in [1.165, 1.54) is 7.11 Å². The minimum atomic E-state index is -0.564. The summed E-state index contributed by atoms with van der Waals surface area (Å²) >= 11 is 3.40. The number of esters is 1. The summed E-state index contributed by atoms with van der Waals surface area (Å²) in [5, 5.41) is 0. The third-order valence-electron chi connectivity index (χ3n) is 2.81. The number of benzene rings is 1. The molecule has 1 heterocycles. The smallest absolute Gasteiger partial charge is 0.360 e. The highest BCUT2D eigenvalue weighted by molar-refractivity contribution is 9.10. The van der Waals surface area contributed by atoms with Crippen LogP contribution in [0, 0.1) is 6.92 Å². The Labute approximate surface area is 124 Å². The van der Waals surface area contributed by atoms with Crippen LogP contribution in [0.2, 0.25) is 0 Å². The summed E-state index contributed by atoms with van der Waals surface area (Å²) in [7, 11) is 2.87. The van der Waals surface area contributed by atoms with Gasteiger partial charge in [0.2, 0.25) is 0 Å². The van der Waals surface area contributed by atoms with Crippen molar-refractivity contribution < 1.29 is 14.3 Å². The highest BCUT2D eigenvalue weighted by Gasteiger charge is 2.20. The summed E-state index contributed by atoms with van der Waals surface area (Å²) in [4.78, 5) is 15.8. The summed E-state index contributed by atoms with van der Waals surface area (Å²) in [5.41, 5.74) is 6.84. The molecule has 7 heteroatoms. The first-order chi connectivity index (χ1) is 9.47. The first-order valence-electron chi connectivity index (χ1n) is 5.76. The van der Waals surface area contributed by atoms with Crippen LogP contribution in [0.3, 0.4) is 0 Å². The number of rotatable bonds is 3. The fraction of sp³-hybridized carbons (Fsp3) is 0.231. The largest absolute Gasteiger partial charge is 0.497 e. The van der Waals surface area contributed by atoms with E-state index in [1.807, 2.05) is 12.1 Å². The number of imidazole rings is 1. The minimum absolute atomic E-state index is 0.101. The molecular weight excluding hydrogens is 326 g/mol. The predicted octanol–water partition coefficient (Wildman–Crippen LogP) is 2.32. The Morgan fingerprint density at radius 1 is 1.35 bits per heavy atom. The molecule has 2 N–H and O–H groups in total. The Balaban J connectivity index is 2.61. The molecule has 0 bridgehead atoms. The Morgan fingerprint density at radius 2 is 2.05 bits per heavy atom. The zero-order chi connectivity index (χ0) is 14.9. The van der Waals surface area contributed by atoms with Crippen molar-refractivity contribution in [3.05, 3.63) is 34.2 Å². The number of methoxy groups -OCH3 is 2. The van der Waals surface area contributed by atoms with E-state index in [0.717, 1.165) is 10.2 Å². The molecule has 106 valence electrons. The van der Waals surface area contributed by atoms with Gasteiger partial charge in [-0.1, -0.05) is 15.9 Å². The molecule has 1 aromatic heterocycles. The Kier molecular flexibility index (Phi) is 3.99.